The van der Waals surface area contributed by atoms with Crippen molar-refractivity contribution in [3.05, 3.63) is 17.5 Å². The van der Waals surface area contributed by atoms with E-state index in [9.17, 15) is 4.79 Å². The van der Waals surface area contributed by atoms with E-state index in [-0.39, 0.29) is 5.92 Å². The second-order valence-corrected chi connectivity index (χ2v) is 5.41. The van der Waals surface area contributed by atoms with Crippen LogP contribution in [0.5, 0.6) is 0 Å². The predicted octanol–water partition coefficient (Wildman–Crippen LogP) is 2.72. The van der Waals surface area contributed by atoms with Crippen LogP contribution in [0, 0.1) is 12.8 Å². The Bertz CT molecular complexity index is 407. The molecule has 0 saturated heterocycles. The summed E-state index contributed by atoms with van der Waals surface area (Å²) in [5.41, 5.74) is 1.93. The SMILES string of the molecule is Cc1cc(C(C)C)nc(SCC(C)C(=O)O)n1. The van der Waals surface area contributed by atoms with Gasteiger partial charge in [-0.2, -0.15) is 0 Å². The minimum Gasteiger partial charge on any atom is -0.481 e. The maximum absolute atomic E-state index is 10.7. The zero-order valence-corrected chi connectivity index (χ0v) is 11.4. The molecule has 1 rings (SSSR count). The topological polar surface area (TPSA) is 63.1 Å². The van der Waals surface area contributed by atoms with Gasteiger partial charge in [-0.3, -0.25) is 4.79 Å². The Morgan fingerprint density at radius 1 is 1.41 bits per heavy atom. The normalized spacial score (nSPS) is 12.8. The molecule has 0 saturated carbocycles. The lowest BCUT2D eigenvalue weighted by molar-refractivity contribution is -0.140. The van der Waals surface area contributed by atoms with E-state index in [0.29, 0.717) is 16.8 Å². The lowest BCUT2D eigenvalue weighted by Gasteiger charge is -2.09. The number of carbonyl (C=O) groups is 1. The first-order valence-corrected chi connectivity index (χ1v) is 6.60. The molecule has 1 heterocycles. The number of carboxylic acid groups (broad SMARTS) is 1. The molecular weight excluding hydrogens is 236 g/mol. The van der Waals surface area contributed by atoms with Crippen molar-refractivity contribution in [2.75, 3.05) is 5.75 Å². The van der Waals surface area contributed by atoms with E-state index in [1.165, 1.54) is 11.8 Å². The number of thioether (sulfide) groups is 1. The average Bonchev–Trinajstić information content (AvgIpc) is 2.24. The Balaban J connectivity index is 2.74. The summed E-state index contributed by atoms with van der Waals surface area (Å²) in [6.07, 6.45) is 0. The zero-order valence-electron chi connectivity index (χ0n) is 10.6. The largest absolute Gasteiger partial charge is 0.481 e. The highest BCUT2D eigenvalue weighted by Crippen LogP contribution is 2.20. The van der Waals surface area contributed by atoms with Gasteiger partial charge in [0.05, 0.1) is 5.92 Å². The van der Waals surface area contributed by atoms with Gasteiger partial charge in [-0.05, 0) is 18.9 Å². The summed E-state index contributed by atoms with van der Waals surface area (Å²) in [4.78, 5) is 19.4. The van der Waals surface area contributed by atoms with Gasteiger partial charge >= 0.3 is 5.97 Å². The zero-order chi connectivity index (χ0) is 13.0. The molecule has 0 aliphatic carbocycles. The standard InChI is InChI=1S/C12H18N2O2S/c1-7(2)10-5-9(4)13-12(14-10)17-6-8(3)11(15)16/h5,7-8H,6H2,1-4H3,(H,15,16). The lowest BCUT2D eigenvalue weighted by atomic mass is 10.1. The molecule has 17 heavy (non-hydrogen) atoms. The number of aliphatic carboxylic acids is 1. The van der Waals surface area contributed by atoms with Crippen molar-refractivity contribution in [2.24, 2.45) is 5.92 Å². The summed E-state index contributed by atoms with van der Waals surface area (Å²) in [7, 11) is 0. The molecule has 0 aliphatic heterocycles. The maximum atomic E-state index is 10.7. The summed E-state index contributed by atoms with van der Waals surface area (Å²) in [5, 5.41) is 9.47. The van der Waals surface area contributed by atoms with Crippen molar-refractivity contribution in [1.29, 1.82) is 0 Å². The number of aromatic nitrogens is 2. The van der Waals surface area contributed by atoms with E-state index in [0.717, 1.165) is 11.4 Å². The number of nitrogens with zero attached hydrogens (tertiary/aromatic N) is 2. The molecule has 0 radical (unpaired) electrons. The smallest absolute Gasteiger partial charge is 0.307 e. The Hall–Kier alpha value is -1.10. The highest BCUT2D eigenvalue weighted by atomic mass is 32.2. The van der Waals surface area contributed by atoms with Crippen molar-refractivity contribution in [3.8, 4) is 0 Å². The molecule has 1 aromatic rings. The minimum atomic E-state index is -0.783. The van der Waals surface area contributed by atoms with Crippen molar-refractivity contribution in [2.45, 2.75) is 38.8 Å². The Morgan fingerprint density at radius 2 is 2.06 bits per heavy atom. The molecule has 0 bridgehead atoms. The highest BCUT2D eigenvalue weighted by molar-refractivity contribution is 7.99. The fourth-order valence-electron chi connectivity index (χ4n) is 1.20. The van der Waals surface area contributed by atoms with Gasteiger partial charge in [0.15, 0.2) is 5.16 Å². The van der Waals surface area contributed by atoms with Gasteiger partial charge in [0.25, 0.3) is 0 Å². The third-order valence-corrected chi connectivity index (χ3v) is 3.44. The molecule has 1 N–H and O–H groups in total. The molecule has 0 aromatic carbocycles. The first kappa shape index (κ1) is 14.0. The molecule has 1 unspecified atom stereocenters. The molecule has 5 heteroatoms. The van der Waals surface area contributed by atoms with Crippen LogP contribution >= 0.6 is 11.8 Å². The number of hydrogen-bond donors (Lipinski definition) is 1. The first-order valence-electron chi connectivity index (χ1n) is 5.61. The summed E-state index contributed by atoms with van der Waals surface area (Å²) >= 11 is 1.40. The van der Waals surface area contributed by atoms with Crippen LogP contribution in [0.25, 0.3) is 0 Å². The Kier molecular flexibility index (Phi) is 4.93. The van der Waals surface area contributed by atoms with Gasteiger partial charge in [0.1, 0.15) is 0 Å². The van der Waals surface area contributed by atoms with Crippen molar-refractivity contribution >= 4 is 17.7 Å². The molecule has 1 atom stereocenters. The number of carboxylic acids is 1. The second kappa shape index (κ2) is 6.00. The number of rotatable bonds is 5. The van der Waals surface area contributed by atoms with Gasteiger partial charge in [-0.15, -0.1) is 0 Å². The first-order chi connectivity index (χ1) is 7.90. The van der Waals surface area contributed by atoms with Gasteiger partial charge in [-0.1, -0.05) is 32.5 Å². The van der Waals surface area contributed by atoms with E-state index >= 15 is 0 Å². The lowest BCUT2D eigenvalue weighted by Crippen LogP contribution is -2.12. The third kappa shape index (κ3) is 4.34. The van der Waals surface area contributed by atoms with E-state index in [1.54, 1.807) is 6.92 Å². The van der Waals surface area contributed by atoms with E-state index in [4.69, 9.17) is 5.11 Å². The van der Waals surface area contributed by atoms with Crippen LogP contribution in [-0.4, -0.2) is 26.8 Å². The van der Waals surface area contributed by atoms with Crippen LogP contribution in [-0.2, 0) is 4.79 Å². The minimum absolute atomic E-state index is 0.355. The molecule has 94 valence electrons. The predicted molar refractivity (Wildman–Crippen MR) is 68.4 cm³/mol. The molecule has 0 spiro atoms. The van der Waals surface area contributed by atoms with Crippen LogP contribution in [0.15, 0.2) is 11.2 Å². The Morgan fingerprint density at radius 3 is 2.59 bits per heavy atom. The average molecular weight is 254 g/mol. The monoisotopic (exact) mass is 254 g/mol. The molecule has 4 nitrogen and oxygen atoms in total. The fourth-order valence-corrected chi connectivity index (χ4v) is 2.12. The highest BCUT2D eigenvalue weighted by Gasteiger charge is 2.13. The van der Waals surface area contributed by atoms with Crippen molar-refractivity contribution in [1.82, 2.24) is 9.97 Å². The third-order valence-electron chi connectivity index (χ3n) is 2.33. The quantitative estimate of drug-likeness (QED) is 0.646. The van der Waals surface area contributed by atoms with Gasteiger partial charge in [0, 0.05) is 17.1 Å². The van der Waals surface area contributed by atoms with E-state index < -0.39 is 5.97 Å². The summed E-state index contributed by atoms with van der Waals surface area (Å²) in [6.45, 7) is 7.78. The summed E-state index contributed by atoms with van der Waals surface area (Å²) in [5.74, 6) is -0.315. The van der Waals surface area contributed by atoms with Crippen LogP contribution in [0.4, 0.5) is 0 Å². The summed E-state index contributed by atoms with van der Waals surface area (Å²) in [6, 6.07) is 1.97. The Labute approximate surface area is 106 Å². The van der Waals surface area contributed by atoms with E-state index in [2.05, 4.69) is 23.8 Å². The fraction of sp³-hybridized carbons (Fsp3) is 0.583. The van der Waals surface area contributed by atoms with E-state index in [1.807, 2.05) is 13.0 Å². The molecule has 1 aromatic heterocycles. The van der Waals surface area contributed by atoms with Crippen LogP contribution in [0.2, 0.25) is 0 Å². The second-order valence-electron chi connectivity index (χ2n) is 4.42. The summed E-state index contributed by atoms with van der Waals surface area (Å²) < 4.78 is 0. The van der Waals surface area contributed by atoms with Gasteiger partial charge < -0.3 is 5.11 Å². The molecule has 0 aliphatic rings. The van der Waals surface area contributed by atoms with Crippen molar-refractivity contribution in [3.63, 3.8) is 0 Å². The maximum Gasteiger partial charge on any atom is 0.307 e. The van der Waals surface area contributed by atoms with Gasteiger partial charge in [0.2, 0.25) is 0 Å². The van der Waals surface area contributed by atoms with Crippen LogP contribution in [0.1, 0.15) is 38.1 Å². The molecule has 0 amide bonds. The number of hydrogen-bond acceptors (Lipinski definition) is 4. The van der Waals surface area contributed by atoms with Crippen LogP contribution in [0.3, 0.4) is 0 Å². The van der Waals surface area contributed by atoms with Crippen molar-refractivity contribution < 1.29 is 9.90 Å². The number of aryl methyl sites for hydroxylation is 1. The molecular formula is C12H18N2O2S. The van der Waals surface area contributed by atoms with Gasteiger partial charge in [-0.25, -0.2) is 9.97 Å². The van der Waals surface area contributed by atoms with Crippen LogP contribution < -0.4 is 0 Å². The molecule has 0 fully saturated rings.